The highest BCUT2D eigenvalue weighted by Gasteiger charge is 2.42. The van der Waals surface area contributed by atoms with Gasteiger partial charge in [0.1, 0.15) is 0 Å². The van der Waals surface area contributed by atoms with E-state index in [0.717, 1.165) is 32.2 Å². The third kappa shape index (κ3) is 2.40. The fourth-order valence-corrected chi connectivity index (χ4v) is 4.60. The summed E-state index contributed by atoms with van der Waals surface area (Å²) in [6.45, 7) is 1.53. The Kier molecular flexibility index (Phi) is 3.81. The lowest BCUT2D eigenvalue weighted by molar-refractivity contribution is -0.139. The molecule has 1 heterocycles. The molecule has 0 radical (unpaired) electrons. The molecule has 3 fully saturated rings. The van der Waals surface area contributed by atoms with Gasteiger partial charge in [0.15, 0.2) is 0 Å². The Morgan fingerprint density at radius 1 is 1.11 bits per heavy atom. The molecule has 3 rings (SSSR count). The second kappa shape index (κ2) is 5.41. The predicted molar refractivity (Wildman–Crippen MR) is 75.3 cm³/mol. The summed E-state index contributed by atoms with van der Waals surface area (Å²) in [5, 5.41) is 0. The van der Waals surface area contributed by atoms with E-state index in [0.29, 0.717) is 36.4 Å². The molecule has 4 heteroatoms. The maximum absolute atomic E-state index is 12.7. The van der Waals surface area contributed by atoms with Crippen LogP contribution in [-0.4, -0.2) is 36.0 Å². The average molecular weight is 265 g/mol. The number of nitrogens with two attached hydrogens (primary N) is 2. The minimum Gasteiger partial charge on any atom is -0.338 e. The number of amides is 1. The molecule has 0 aromatic carbocycles. The number of fused-ring (bicyclic) bond motifs is 2. The minimum absolute atomic E-state index is 0.224. The number of carbonyl (C=O) groups excluding carboxylic acids is 1. The predicted octanol–water partition coefficient (Wildman–Crippen LogP) is 1.09. The summed E-state index contributed by atoms with van der Waals surface area (Å²) in [6.07, 6.45) is 7.99. The standard InChI is InChI=1S/C15H27N3O/c16-9-13-5-2-6-18(13)15(19)12-7-10-3-1-4-11(8-12)14(10)17/h10-14H,1-9,16-17H2. The lowest BCUT2D eigenvalue weighted by Crippen LogP contribution is -2.51. The second-order valence-corrected chi connectivity index (χ2v) is 6.76. The SMILES string of the molecule is NCC1CCCN1C(=O)C1CC2CCCC(C1)C2N. The van der Waals surface area contributed by atoms with E-state index in [4.69, 9.17) is 11.5 Å². The molecule has 0 spiro atoms. The van der Waals surface area contributed by atoms with E-state index in [1.807, 2.05) is 0 Å². The molecule has 0 aromatic rings. The Morgan fingerprint density at radius 3 is 2.42 bits per heavy atom. The lowest BCUT2D eigenvalue weighted by atomic mass is 9.65. The Labute approximate surface area is 115 Å². The topological polar surface area (TPSA) is 72.3 Å². The first-order valence-electron chi connectivity index (χ1n) is 7.97. The molecule has 3 atom stereocenters. The molecule has 1 amide bonds. The maximum Gasteiger partial charge on any atom is 0.225 e. The highest BCUT2D eigenvalue weighted by molar-refractivity contribution is 5.79. The summed E-state index contributed by atoms with van der Waals surface area (Å²) in [7, 11) is 0. The van der Waals surface area contributed by atoms with Gasteiger partial charge in [0.05, 0.1) is 0 Å². The van der Waals surface area contributed by atoms with E-state index >= 15 is 0 Å². The lowest BCUT2D eigenvalue weighted by Gasteiger charge is -2.44. The number of carbonyl (C=O) groups is 1. The molecular weight excluding hydrogens is 238 g/mol. The van der Waals surface area contributed by atoms with Crippen molar-refractivity contribution < 1.29 is 4.79 Å². The van der Waals surface area contributed by atoms with E-state index in [1.165, 1.54) is 19.3 Å². The normalized spacial score (nSPS) is 42.4. The van der Waals surface area contributed by atoms with Crippen molar-refractivity contribution in [1.29, 1.82) is 0 Å². The largest absolute Gasteiger partial charge is 0.338 e. The monoisotopic (exact) mass is 265 g/mol. The summed E-state index contributed by atoms with van der Waals surface area (Å²) in [6, 6.07) is 0.643. The van der Waals surface area contributed by atoms with E-state index in [9.17, 15) is 4.79 Å². The average Bonchev–Trinajstić information content (AvgIpc) is 2.85. The molecular formula is C15H27N3O. The molecule has 0 aromatic heterocycles. The molecule has 1 saturated heterocycles. The maximum atomic E-state index is 12.7. The molecule has 4 nitrogen and oxygen atoms in total. The fraction of sp³-hybridized carbons (Fsp3) is 0.933. The van der Waals surface area contributed by atoms with E-state index in [-0.39, 0.29) is 5.92 Å². The Balaban J connectivity index is 1.67. The first kappa shape index (κ1) is 13.4. The van der Waals surface area contributed by atoms with Crippen molar-refractivity contribution in [2.24, 2.45) is 29.2 Å². The summed E-state index contributed by atoms with van der Waals surface area (Å²) < 4.78 is 0. The number of hydrogen-bond donors (Lipinski definition) is 2. The Morgan fingerprint density at radius 2 is 1.79 bits per heavy atom. The quantitative estimate of drug-likeness (QED) is 0.785. The zero-order valence-corrected chi connectivity index (χ0v) is 11.8. The van der Waals surface area contributed by atoms with Crippen LogP contribution in [0, 0.1) is 17.8 Å². The van der Waals surface area contributed by atoms with Gasteiger partial charge < -0.3 is 16.4 Å². The third-order valence-electron chi connectivity index (χ3n) is 5.69. The molecule has 108 valence electrons. The molecule has 2 bridgehead atoms. The summed E-state index contributed by atoms with van der Waals surface area (Å²) in [4.78, 5) is 14.8. The van der Waals surface area contributed by atoms with Gasteiger partial charge in [-0.2, -0.15) is 0 Å². The first-order valence-corrected chi connectivity index (χ1v) is 7.97. The number of rotatable bonds is 2. The summed E-state index contributed by atoms with van der Waals surface area (Å²) in [5.74, 6) is 1.76. The van der Waals surface area contributed by atoms with Crippen LogP contribution in [0.3, 0.4) is 0 Å². The van der Waals surface area contributed by atoms with E-state index in [1.54, 1.807) is 0 Å². The number of nitrogens with zero attached hydrogens (tertiary/aromatic N) is 1. The van der Waals surface area contributed by atoms with Gasteiger partial charge in [-0.15, -0.1) is 0 Å². The smallest absolute Gasteiger partial charge is 0.225 e. The molecule has 4 N–H and O–H groups in total. The van der Waals surface area contributed by atoms with Gasteiger partial charge in [0.2, 0.25) is 5.91 Å². The number of likely N-dealkylation sites (tertiary alicyclic amines) is 1. The van der Waals surface area contributed by atoms with Crippen LogP contribution in [0.25, 0.3) is 0 Å². The molecule has 2 aliphatic carbocycles. The second-order valence-electron chi connectivity index (χ2n) is 6.76. The molecule has 3 aliphatic rings. The van der Waals surface area contributed by atoms with Crippen LogP contribution in [-0.2, 0) is 4.79 Å². The van der Waals surface area contributed by atoms with Gasteiger partial charge in [0, 0.05) is 31.1 Å². The van der Waals surface area contributed by atoms with Gasteiger partial charge in [-0.1, -0.05) is 6.42 Å². The van der Waals surface area contributed by atoms with Gasteiger partial charge >= 0.3 is 0 Å². The van der Waals surface area contributed by atoms with Crippen LogP contribution in [0.4, 0.5) is 0 Å². The van der Waals surface area contributed by atoms with Crippen LogP contribution in [0.5, 0.6) is 0 Å². The summed E-state index contributed by atoms with van der Waals surface area (Å²) >= 11 is 0. The highest BCUT2D eigenvalue weighted by atomic mass is 16.2. The van der Waals surface area contributed by atoms with Crippen LogP contribution in [0.15, 0.2) is 0 Å². The Hall–Kier alpha value is -0.610. The van der Waals surface area contributed by atoms with Crippen molar-refractivity contribution in [3.8, 4) is 0 Å². The first-order chi connectivity index (χ1) is 9.20. The van der Waals surface area contributed by atoms with E-state index in [2.05, 4.69) is 4.90 Å². The Bertz CT molecular complexity index is 332. The zero-order chi connectivity index (χ0) is 13.4. The third-order valence-corrected chi connectivity index (χ3v) is 5.69. The van der Waals surface area contributed by atoms with Crippen molar-refractivity contribution in [2.45, 2.75) is 57.0 Å². The summed E-state index contributed by atoms with van der Waals surface area (Å²) in [5.41, 5.74) is 12.1. The van der Waals surface area contributed by atoms with Gasteiger partial charge in [-0.3, -0.25) is 4.79 Å². The van der Waals surface area contributed by atoms with Crippen molar-refractivity contribution in [1.82, 2.24) is 4.90 Å². The molecule has 19 heavy (non-hydrogen) atoms. The molecule has 2 saturated carbocycles. The minimum atomic E-state index is 0.224. The van der Waals surface area contributed by atoms with Crippen LogP contribution in [0.2, 0.25) is 0 Å². The van der Waals surface area contributed by atoms with Crippen molar-refractivity contribution >= 4 is 5.91 Å². The highest BCUT2D eigenvalue weighted by Crippen LogP contribution is 2.42. The van der Waals surface area contributed by atoms with Gasteiger partial charge in [-0.05, 0) is 50.4 Å². The van der Waals surface area contributed by atoms with Crippen molar-refractivity contribution in [3.63, 3.8) is 0 Å². The van der Waals surface area contributed by atoms with Gasteiger partial charge in [-0.25, -0.2) is 0 Å². The molecule has 3 unspecified atom stereocenters. The molecule has 1 aliphatic heterocycles. The van der Waals surface area contributed by atoms with Crippen LogP contribution in [0.1, 0.15) is 44.9 Å². The van der Waals surface area contributed by atoms with Crippen molar-refractivity contribution in [3.05, 3.63) is 0 Å². The van der Waals surface area contributed by atoms with Crippen LogP contribution < -0.4 is 11.5 Å². The fourth-order valence-electron chi connectivity index (χ4n) is 4.60. The van der Waals surface area contributed by atoms with Gasteiger partial charge in [0.25, 0.3) is 0 Å². The zero-order valence-electron chi connectivity index (χ0n) is 11.8. The van der Waals surface area contributed by atoms with Crippen molar-refractivity contribution in [2.75, 3.05) is 13.1 Å². The van der Waals surface area contributed by atoms with E-state index < -0.39 is 0 Å². The van der Waals surface area contributed by atoms with Crippen LogP contribution >= 0.6 is 0 Å². The number of hydrogen-bond acceptors (Lipinski definition) is 3.